The number of guanidine groups is 1. The van der Waals surface area contributed by atoms with E-state index in [2.05, 4.69) is 46.4 Å². The van der Waals surface area contributed by atoms with Crippen LogP contribution in [0, 0.1) is 18.8 Å². The Labute approximate surface area is 168 Å². The fourth-order valence-corrected chi connectivity index (χ4v) is 3.18. The molecule has 2 heterocycles. The van der Waals surface area contributed by atoms with Crippen molar-refractivity contribution in [2.24, 2.45) is 16.8 Å². The summed E-state index contributed by atoms with van der Waals surface area (Å²) in [4.78, 5) is 13.4. The Balaban J connectivity index is 1.96. The average molecular weight is 387 g/mol. The molecule has 0 bridgehead atoms. The third-order valence-corrected chi connectivity index (χ3v) is 4.55. The van der Waals surface area contributed by atoms with Crippen molar-refractivity contribution in [2.45, 2.75) is 47.1 Å². The molecule has 0 aromatic carbocycles. The monoisotopic (exact) mass is 386 g/mol. The highest BCUT2D eigenvalue weighted by Crippen LogP contribution is 2.14. The van der Waals surface area contributed by atoms with Crippen LogP contribution in [0.1, 0.15) is 45.0 Å². The first-order valence-electron chi connectivity index (χ1n) is 10.1. The van der Waals surface area contributed by atoms with Gasteiger partial charge in [0.2, 0.25) is 0 Å². The van der Waals surface area contributed by atoms with Gasteiger partial charge in [-0.1, -0.05) is 19.9 Å². The van der Waals surface area contributed by atoms with E-state index in [0.29, 0.717) is 18.4 Å². The summed E-state index contributed by atoms with van der Waals surface area (Å²) < 4.78 is 1.95. The van der Waals surface area contributed by atoms with E-state index in [4.69, 9.17) is 0 Å². The molecule has 154 valence electrons. The van der Waals surface area contributed by atoms with E-state index in [0.717, 1.165) is 49.1 Å². The van der Waals surface area contributed by atoms with Crippen LogP contribution in [0.4, 0.5) is 0 Å². The molecule has 1 unspecified atom stereocenters. The maximum absolute atomic E-state index is 9.29. The molecule has 0 amide bonds. The van der Waals surface area contributed by atoms with Gasteiger partial charge in [0.1, 0.15) is 11.6 Å². The highest BCUT2D eigenvalue weighted by molar-refractivity contribution is 5.79. The van der Waals surface area contributed by atoms with Crippen LogP contribution in [0.3, 0.4) is 0 Å². The normalized spacial score (nSPS) is 13.0. The molecule has 7 heteroatoms. The van der Waals surface area contributed by atoms with Crippen molar-refractivity contribution in [1.82, 2.24) is 25.2 Å². The van der Waals surface area contributed by atoms with E-state index < -0.39 is 0 Å². The molecule has 7 nitrogen and oxygen atoms in total. The summed E-state index contributed by atoms with van der Waals surface area (Å²) in [7, 11) is 0. The number of rotatable bonds is 10. The number of aromatic nitrogens is 3. The Morgan fingerprint density at radius 3 is 2.64 bits per heavy atom. The SMILES string of the molecule is CCNC(=NCc1ccc(-n2ccnc2C)nc1)NCC(CCO)CC(C)C. The second kappa shape index (κ2) is 11.4. The zero-order chi connectivity index (χ0) is 20.4. The van der Waals surface area contributed by atoms with Gasteiger partial charge in [-0.2, -0.15) is 0 Å². The number of nitrogens with one attached hydrogen (secondary N) is 2. The van der Waals surface area contributed by atoms with Crippen LogP contribution in [0.5, 0.6) is 0 Å². The maximum atomic E-state index is 9.29. The topological polar surface area (TPSA) is 87.4 Å². The summed E-state index contributed by atoms with van der Waals surface area (Å²) in [6, 6.07) is 4.03. The first kappa shape index (κ1) is 21.9. The van der Waals surface area contributed by atoms with Gasteiger partial charge in [-0.05, 0) is 50.2 Å². The third-order valence-electron chi connectivity index (χ3n) is 4.55. The van der Waals surface area contributed by atoms with E-state index >= 15 is 0 Å². The van der Waals surface area contributed by atoms with Gasteiger partial charge in [0.25, 0.3) is 0 Å². The number of pyridine rings is 1. The van der Waals surface area contributed by atoms with Gasteiger partial charge >= 0.3 is 0 Å². The Kier molecular flexibility index (Phi) is 8.94. The minimum atomic E-state index is 0.223. The molecule has 0 aliphatic carbocycles. The highest BCUT2D eigenvalue weighted by Gasteiger charge is 2.11. The van der Waals surface area contributed by atoms with Crippen molar-refractivity contribution in [3.63, 3.8) is 0 Å². The standard InChI is InChI=1S/C21H34N6O/c1-5-22-21(25-13-18(8-11-28)12-16(2)3)26-15-19-6-7-20(24-14-19)27-10-9-23-17(27)4/h6-7,9-10,14,16,18,28H,5,8,11-13,15H2,1-4H3,(H2,22,25,26). The summed E-state index contributed by atoms with van der Waals surface area (Å²) in [6.07, 6.45) is 7.43. The lowest BCUT2D eigenvalue weighted by molar-refractivity contribution is 0.243. The Morgan fingerprint density at radius 2 is 2.07 bits per heavy atom. The van der Waals surface area contributed by atoms with Crippen LogP contribution in [0.15, 0.2) is 35.7 Å². The summed E-state index contributed by atoms with van der Waals surface area (Å²) in [5.74, 6) is 3.61. The molecule has 0 saturated carbocycles. The zero-order valence-electron chi connectivity index (χ0n) is 17.5. The van der Waals surface area contributed by atoms with Gasteiger partial charge in [0.05, 0.1) is 6.54 Å². The molecular formula is C21H34N6O. The van der Waals surface area contributed by atoms with E-state index in [9.17, 15) is 5.11 Å². The average Bonchev–Trinajstić information content (AvgIpc) is 3.10. The molecule has 0 aliphatic rings. The molecule has 2 aromatic heterocycles. The first-order valence-corrected chi connectivity index (χ1v) is 10.1. The fourth-order valence-electron chi connectivity index (χ4n) is 3.18. The predicted molar refractivity (Wildman–Crippen MR) is 114 cm³/mol. The molecular weight excluding hydrogens is 352 g/mol. The van der Waals surface area contributed by atoms with E-state index in [-0.39, 0.29) is 6.61 Å². The Hall–Kier alpha value is -2.41. The van der Waals surface area contributed by atoms with Crippen molar-refractivity contribution in [3.05, 3.63) is 42.1 Å². The molecule has 1 atom stereocenters. The van der Waals surface area contributed by atoms with Crippen molar-refractivity contribution in [2.75, 3.05) is 19.7 Å². The lowest BCUT2D eigenvalue weighted by Crippen LogP contribution is -2.40. The van der Waals surface area contributed by atoms with Gasteiger partial charge in [-0.3, -0.25) is 4.57 Å². The van der Waals surface area contributed by atoms with Crippen molar-refractivity contribution < 1.29 is 5.11 Å². The van der Waals surface area contributed by atoms with E-state index in [1.807, 2.05) is 36.0 Å². The molecule has 0 saturated heterocycles. The molecule has 0 aliphatic heterocycles. The second-order valence-electron chi connectivity index (χ2n) is 7.45. The number of aliphatic hydroxyl groups is 1. The number of aliphatic hydroxyl groups excluding tert-OH is 1. The summed E-state index contributed by atoms with van der Waals surface area (Å²) in [5.41, 5.74) is 1.05. The number of aryl methyl sites for hydroxylation is 1. The summed E-state index contributed by atoms with van der Waals surface area (Å²) in [5, 5.41) is 16.0. The maximum Gasteiger partial charge on any atom is 0.191 e. The van der Waals surface area contributed by atoms with Crippen LogP contribution < -0.4 is 10.6 Å². The third kappa shape index (κ3) is 6.96. The molecule has 0 radical (unpaired) electrons. The lowest BCUT2D eigenvalue weighted by Gasteiger charge is -2.20. The molecule has 2 rings (SSSR count). The Morgan fingerprint density at radius 1 is 1.25 bits per heavy atom. The largest absolute Gasteiger partial charge is 0.396 e. The van der Waals surface area contributed by atoms with Crippen LogP contribution in [-0.2, 0) is 6.54 Å². The van der Waals surface area contributed by atoms with Gasteiger partial charge in [-0.15, -0.1) is 0 Å². The number of aliphatic imine (C=N–C) groups is 1. The molecule has 28 heavy (non-hydrogen) atoms. The number of imidazole rings is 1. The summed E-state index contributed by atoms with van der Waals surface area (Å²) >= 11 is 0. The predicted octanol–water partition coefficient (Wildman–Crippen LogP) is 2.68. The minimum absolute atomic E-state index is 0.223. The van der Waals surface area contributed by atoms with Gasteiger partial charge in [-0.25, -0.2) is 15.0 Å². The first-order chi connectivity index (χ1) is 13.5. The minimum Gasteiger partial charge on any atom is -0.396 e. The van der Waals surface area contributed by atoms with Crippen molar-refractivity contribution in [3.8, 4) is 5.82 Å². The Bertz CT molecular complexity index is 723. The van der Waals surface area contributed by atoms with Gasteiger partial charge in [0, 0.05) is 38.3 Å². The molecule has 3 N–H and O–H groups in total. The van der Waals surface area contributed by atoms with Crippen molar-refractivity contribution >= 4 is 5.96 Å². The second-order valence-corrected chi connectivity index (χ2v) is 7.45. The molecule has 0 spiro atoms. The summed E-state index contributed by atoms with van der Waals surface area (Å²) in [6.45, 7) is 10.8. The van der Waals surface area contributed by atoms with Gasteiger partial charge in [0.15, 0.2) is 5.96 Å². The number of hydrogen-bond donors (Lipinski definition) is 3. The van der Waals surface area contributed by atoms with Crippen LogP contribution in [-0.4, -0.2) is 45.3 Å². The quantitative estimate of drug-likeness (QED) is 0.432. The van der Waals surface area contributed by atoms with Crippen LogP contribution >= 0.6 is 0 Å². The zero-order valence-corrected chi connectivity index (χ0v) is 17.5. The highest BCUT2D eigenvalue weighted by atomic mass is 16.3. The smallest absolute Gasteiger partial charge is 0.191 e. The van der Waals surface area contributed by atoms with Crippen LogP contribution in [0.2, 0.25) is 0 Å². The molecule has 2 aromatic rings. The van der Waals surface area contributed by atoms with E-state index in [1.165, 1.54) is 0 Å². The van der Waals surface area contributed by atoms with Gasteiger partial charge < -0.3 is 15.7 Å². The molecule has 0 fully saturated rings. The van der Waals surface area contributed by atoms with Crippen molar-refractivity contribution in [1.29, 1.82) is 0 Å². The lowest BCUT2D eigenvalue weighted by atomic mass is 9.94. The van der Waals surface area contributed by atoms with Crippen LogP contribution in [0.25, 0.3) is 5.82 Å². The number of hydrogen-bond acceptors (Lipinski definition) is 4. The van der Waals surface area contributed by atoms with E-state index in [1.54, 1.807) is 6.20 Å². The number of nitrogens with zero attached hydrogens (tertiary/aromatic N) is 4. The fraction of sp³-hybridized carbons (Fsp3) is 0.571.